The zero-order valence-corrected chi connectivity index (χ0v) is 15.6. The van der Waals surface area contributed by atoms with Gasteiger partial charge in [-0.15, -0.1) is 0 Å². The number of carbonyl (C=O) groups excluding carboxylic acids is 3. The van der Waals surface area contributed by atoms with Gasteiger partial charge in [0.1, 0.15) is 5.69 Å². The summed E-state index contributed by atoms with van der Waals surface area (Å²) in [4.78, 5) is 46.0. The fourth-order valence-electron chi connectivity index (χ4n) is 2.29. The zero-order chi connectivity index (χ0) is 21.2. The third-order valence-electron chi connectivity index (χ3n) is 3.69. The molecule has 3 amide bonds. The predicted octanol–water partition coefficient (Wildman–Crippen LogP) is 2.68. The molecule has 1 unspecified atom stereocenters. The molecule has 152 valence electrons. The number of anilines is 2. The minimum Gasteiger partial charge on any atom is -0.452 e. The highest BCUT2D eigenvalue weighted by molar-refractivity contribution is 6.02. The number of para-hydroxylation sites is 3. The minimum absolute atomic E-state index is 0.0759. The van der Waals surface area contributed by atoms with Crippen LogP contribution in [0.3, 0.4) is 0 Å². The molecule has 2 aromatic rings. The van der Waals surface area contributed by atoms with E-state index in [-0.39, 0.29) is 24.3 Å². The number of imide groups is 1. The van der Waals surface area contributed by atoms with E-state index in [0.29, 0.717) is 5.69 Å². The van der Waals surface area contributed by atoms with Crippen molar-refractivity contribution in [3.8, 4) is 0 Å². The average molecular weight is 400 g/mol. The Hall–Kier alpha value is -3.95. The van der Waals surface area contributed by atoms with E-state index in [9.17, 15) is 24.5 Å². The summed E-state index contributed by atoms with van der Waals surface area (Å²) in [6.07, 6.45) is -1.31. The van der Waals surface area contributed by atoms with E-state index in [4.69, 9.17) is 4.74 Å². The van der Waals surface area contributed by atoms with Crippen LogP contribution in [-0.4, -0.2) is 35.5 Å². The molecule has 0 aliphatic rings. The molecule has 0 fully saturated rings. The first-order valence-corrected chi connectivity index (χ1v) is 8.70. The number of hydrogen-bond donors (Lipinski definition) is 3. The lowest BCUT2D eigenvalue weighted by molar-refractivity contribution is -0.384. The van der Waals surface area contributed by atoms with Crippen LogP contribution >= 0.6 is 0 Å². The number of nitro benzene ring substituents is 1. The number of urea groups is 1. The molecule has 0 saturated heterocycles. The molecular weight excluding hydrogens is 380 g/mol. The Bertz CT molecular complexity index is 887. The van der Waals surface area contributed by atoms with E-state index in [1.807, 2.05) is 0 Å². The smallest absolute Gasteiger partial charge is 0.325 e. The van der Waals surface area contributed by atoms with Crippen LogP contribution in [0.25, 0.3) is 0 Å². The monoisotopic (exact) mass is 400 g/mol. The summed E-state index contributed by atoms with van der Waals surface area (Å²) in [7, 11) is 0. The Morgan fingerprint density at radius 1 is 1.07 bits per heavy atom. The van der Waals surface area contributed by atoms with Crippen LogP contribution < -0.4 is 16.0 Å². The van der Waals surface area contributed by atoms with Gasteiger partial charge in [0, 0.05) is 18.3 Å². The molecule has 29 heavy (non-hydrogen) atoms. The molecule has 0 bridgehead atoms. The average Bonchev–Trinajstić information content (AvgIpc) is 2.68. The van der Waals surface area contributed by atoms with Crippen LogP contribution in [0, 0.1) is 10.1 Å². The second kappa shape index (κ2) is 10.4. The fourth-order valence-corrected chi connectivity index (χ4v) is 2.29. The van der Waals surface area contributed by atoms with E-state index in [1.165, 1.54) is 25.1 Å². The topological polar surface area (TPSA) is 140 Å². The van der Waals surface area contributed by atoms with Crippen LogP contribution in [-0.2, 0) is 14.3 Å². The van der Waals surface area contributed by atoms with Crippen LogP contribution in [0.1, 0.15) is 13.3 Å². The summed E-state index contributed by atoms with van der Waals surface area (Å²) < 4.78 is 4.97. The van der Waals surface area contributed by atoms with Gasteiger partial charge >= 0.3 is 12.0 Å². The molecule has 2 rings (SSSR count). The molecule has 0 heterocycles. The maximum atomic E-state index is 12.0. The number of hydrogen-bond acceptors (Lipinski definition) is 7. The molecular formula is C19H20N4O6. The van der Waals surface area contributed by atoms with E-state index in [2.05, 4.69) is 16.0 Å². The third kappa shape index (κ3) is 6.94. The number of carbonyl (C=O) groups is 3. The Morgan fingerprint density at radius 2 is 1.72 bits per heavy atom. The SMILES string of the molecule is CC(OC(=O)CCNc1ccccc1[N+](=O)[O-])C(=O)NC(=O)Nc1ccccc1. The first-order chi connectivity index (χ1) is 13.9. The summed E-state index contributed by atoms with van der Waals surface area (Å²) in [5.74, 6) is -1.47. The van der Waals surface area contributed by atoms with Gasteiger partial charge in [0.25, 0.3) is 11.6 Å². The highest BCUT2D eigenvalue weighted by atomic mass is 16.6. The Kier molecular flexibility index (Phi) is 7.66. The van der Waals surface area contributed by atoms with Crippen molar-refractivity contribution in [2.45, 2.75) is 19.4 Å². The van der Waals surface area contributed by atoms with Gasteiger partial charge in [-0.25, -0.2) is 4.79 Å². The Morgan fingerprint density at radius 3 is 2.41 bits per heavy atom. The Balaban J connectivity index is 1.74. The van der Waals surface area contributed by atoms with Crippen molar-refractivity contribution < 1.29 is 24.0 Å². The van der Waals surface area contributed by atoms with Crippen LogP contribution in [0.15, 0.2) is 54.6 Å². The zero-order valence-electron chi connectivity index (χ0n) is 15.6. The molecule has 10 heteroatoms. The van der Waals surface area contributed by atoms with Crippen molar-refractivity contribution in [1.82, 2.24) is 5.32 Å². The van der Waals surface area contributed by atoms with Crippen molar-refractivity contribution in [2.24, 2.45) is 0 Å². The van der Waals surface area contributed by atoms with E-state index < -0.39 is 28.9 Å². The Labute approximate surface area is 166 Å². The second-order valence-corrected chi connectivity index (χ2v) is 5.89. The molecule has 0 aliphatic heterocycles. The van der Waals surface area contributed by atoms with Crippen molar-refractivity contribution >= 4 is 35.0 Å². The fraction of sp³-hybridized carbons (Fsp3) is 0.211. The van der Waals surface area contributed by atoms with Crippen molar-refractivity contribution in [1.29, 1.82) is 0 Å². The number of amides is 3. The molecule has 3 N–H and O–H groups in total. The lowest BCUT2D eigenvalue weighted by atomic mass is 10.2. The summed E-state index contributed by atoms with van der Waals surface area (Å²) >= 11 is 0. The quantitative estimate of drug-likeness (QED) is 0.351. The molecule has 1 atom stereocenters. The first-order valence-electron chi connectivity index (χ1n) is 8.70. The molecule has 0 spiro atoms. The molecule has 0 aliphatic carbocycles. The summed E-state index contributed by atoms with van der Waals surface area (Å²) in [5, 5.41) is 18.3. The molecule has 2 aromatic carbocycles. The van der Waals surface area contributed by atoms with Crippen LogP contribution in [0.4, 0.5) is 21.9 Å². The normalized spacial score (nSPS) is 11.1. The van der Waals surface area contributed by atoms with Gasteiger partial charge in [-0.2, -0.15) is 0 Å². The van der Waals surface area contributed by atoms with Gasteiger partial charge in [-0.1, -0.05) is 30.3 Å². The van der Waals surface area contributed by atoms with Gasteiger partial charge in [0.05, 0.1) is 11.3 Å². The largest absolute Gasteiger partial charge is 0.452 e. The number of benzene rings is 2. The van der Waals surface area contributed by atoms with E-state index >= 15 is 0 Å². The predicted molar refractivity (Wildman–Crippen MR) is 105 cm³/mol. The van der Waals surface area contributed by atoms with Crippen molar-refractivity contribution in [3.63, 3.8) is 0 Å². The highest BCUT2D eigenvalue weighted by Crippen LogP contribution is 2.22. The van der Waals surface area contributed by atoms with Crippen molar-refractivity contribution in [3.05, 3.63) is 64.7 Å². The molecule has 0 saturated carbocycles. The maximum Gasteiger partial charge on any atom is 0.325 e. The number of ether oxygens (including phenoxy) is 1. The first kappa shape index (κ1) is 21.4. The summed E-state index contributed by atoms with van der Waals surface area (Å²) in [6, 6.07) is 13.8. The van der Waals surface area contributed by atoms with Crippen LogP contribution in [0.2, 0.25) is 0 Å². The number of rotatable bonds is 8. The maximum absolute atomic E-state index is 12.0. The van der Waals surface area contributed by atoms with Crippen LogP contribution in [0.5, 0.6) is 0 Å². The van der Waals surface area contributed by atoms with E-state index in [0.717, 1.165) is 0 Å². The lowest BCUT2D eigenvalue weighted by Crippen LogP contribution is -2.41. The van der Waals surface area contributed by atoms with Crippen molar-refractivity contribution in [2.75, 3.05) is 17.2 Å². The second-order valence-electron chi connectivity index (χ2n) is 5.89. The van der Waals surface area contributed by atoms with E-state index in [1.54, 1.807) is 36.4 Å². The van der Waals surface area contributed by atoms with Gasteiger partial charge in [0.15, 0.2) is 6.10 Å². The number of esters is 1. The number of nitro groups is 1. The molecule has 0 aromatic heterocycles. The minimum atomic E-state index is -1.19. The number of nitrogens with zero attached hydrogens (tertiary/aromatic N) is 1. The van der Waals surface area contributed by atoms with Gasteiger partial charge < -0.3 is 15.4 Å². The van der Waals surface area contributed by atoms with Gasteiger partial charge in [-0.05, 0) is 25.1 Å². The standard InChI is InChI=1S/C19H20N4O6/c1-13(18(25)22-19(26)21-14-7-3-2-4-8-14)29-17(24)11-12-20-15-9-5-6-10-16(15)23(27)28/h2-10,13,20H,11-12H2,1H3,(H2,21,22,25,26). The third-order valence-corrected chi connectivity index (χ3v) is 3.69. The van der Waals surface area contributed by atoms with Gasteiger partial charge in [-0.3, -0.25) is 25.0 Å². The summed E-state index contributed by atoms with van der Waals surface area (Å²) in [5.41, 5.74) is 0.662. The lowest BCUT2D eigenvalue weighted by Gasteiger charge is -2.13. The highest BCUT2D eigenvalue weighted by Gasteiger charge is 2.20. The number of nitrogens with one attached hydrogen (secondary N) is 3. The van der Waals surface area contributed by atoms with Gasteiger partial charge in [0.2, 0.25) is 0 Å². The molecule has 0 radical (unpaired) electrons. The summed E-state index contributed by atoms with van der Waals surface area (Å²) in [6.45, 7) is 1.41. The molecule has 10 nitrogen and oxygen atoms in total.